The predicted octanol–water partition coefficient (Wildman–Crippen LogP) is 3.74. The molecule has 2 aromatic rings. The fourth-order valence-electron chi connectivity index (χ4n) is 2.69. The van der Waals surface area contributed by atoms with Crippen LogP contribution in [0.3, 0.4) is 0 Å². The fraction of sp³-hybridized carbons (Fsp3) is 0.316. The van der Waals surface area contributed by atoms with Gasteiger partial charge in [-0.15, -0.1) is 0 Å². The number of aryl methyl sites for hydroxylation is 1. The number of nitrogens with zero attached hydrogens (tertiary/aromatic N) is 1. The van der Waals surface area contributed by atoms with Crippen molar-refractivity contribution in [3.63, 3.8) is 0 Å². The minimum atomic E-state index is 0.0275. The van der Waals surface area contributed by atoms with Gasteiger partial charge in [0.05, 0.1) is 5.69 Å². The van der Waals surface area contributed by atoms with Gasteiger partial charge in [0.2, 0.25) is 0 Å². The van der Waals surface area contributed by atoms with Crippen LogP contribution < -0.4 is 15.0 Å². The van der Waals surface area contributed by atoms with Crippen molar-refractivity contribution in [3.8, 4) is 5.75 Å². The van der Waals surface area contributed by atoms with Crippen LogP contribution in [0.2, 0.25) is 0 Å². The number of nitrogens with one attached hydrogen (secondary N) is 1. The highest BCUT2D eigenvalue weighted by molar-refractivity contribution is 5.98. The number of amides is 1. The van der Waals surface area contributed by atoms with Gasteiger partial charge in [0.25, 0.3) is 5.91 Å². The van der Waals surface area contributed by atoms with Crippen LogP contribution in [0.5, 0.6) is 5.75 Å². The smallest absolute Gasteiger partial charge is 0.265 e. The van der Waals surface area contributed by atoms with Crippen molar-refractivity contribution >= 4 is 17.3 Å². The van der Waals surface area contributed by atoms with Crippen LogP contribution in [-0.4, -0.2) is 19.1 Å². The molecule has 0 unspecified atom stereocenters. The van der Waals surface area contributed by atoms with Crippen molar-refractivity contribution in [2.24, 2.45) is 0 Å². The number of fused-ring (bicyclic) bond motifs is 1. The summed E-state index contributed by atoms with van der Waals surface area (Å²) in [5.74, 6) is 0.798. The van der Waals surface area contributed by atoms with Gasteiger partial charge in [-0.05, 0) is 31.0 Å². The summed E-state index contributed by atoms with van der Waals surface area (Å²) in [6.07, 6.45) is 0.929. The minimum absolute atomic E-state index is 0.0275. The van der Waals surface area contributed by atoms with Gasteiger partial charge in [-0.3, -0.25) is 4.79 Å². The van der Waals surface area contributed by atoms with Crippen molar-refractivity contribution in [1.82, 2.24) is 0 Å². The van der Waals surface area contributed by atoms with Crippen LogP contribution in [0.4, 0.5) is 11.4 Å². The molecule has 0 saturated carbocycles. The Balaban J connectivity index is 1.73. The first-order valence-corrected chi connectivity index (χ1v) is 8.04. The predicted molar refractivity (Wildman–Crippen MR) is 93.1 cm³/mol. The Morgan fingerprint density at radius 1 is 1.17 bits per heavy atom. The Morgan fingerprint density at radius 3 is 2.70 bits per heavy atom. The molecule has 1 amide bonds. The third-order valence-electron chi connectivity index (χ3n) is 3.97. The Kier molecular flexibility index (Phi) is 4.51. The molecule has 0 atom stereocenters. The molecule has 1 aliphatic heterocycles. The van der Waals surface area contributed by atoms with Crippen molar-refractivity contribution in [1.29, 1.82) is 0 Å². The molecule has 2 aromatic carbocycles. The molecule has 4 nitrogen and oxygen atoms in total. The summed E-state index contributed by atoms with van der Waals surface area (Å²) in [6, 6.07) is 14.4. The average Bonchev–Trinajstić information content (AvgIpc) is 2.57. The second kappa shape index (κ2) is 6.73. The molecule has 0 spiro atoms. The van der Waals surface area contributed by atoms with Crippen molar-refractivity contribution < 1.29 is 9.53 Å². The molecule has 23 heavy (non-hydrogen) atoms. The van der Waals surface area contributed by atoms with E-state index in [0.29, 0.717) is 0 Å². The maximum atomic E-state index is 12.0. The molecular weight excluding hydrogens is 288 g/mol. The van der Waals surface area contributed by atoms with Gasteiger partial charge in [0, 0.05) is 24.8 Å². The lowest BCUT2D eigenvalue weighted by atomic mass is 10.1. The lowest BCUT2D eigenvalue weighted by Gasteiger charge is -2.29. The Bertz CT molecular complexity index is 695. The zero-order valence-electron chi connectivity index (χ0n) is 13.6. The SMILES string of the molecule is CCCN1C(=O)COc2cc(NCc3ccc(C)cc3)ccc21. The molecule has 1 aliphatic rings. The number of rotatable bonds is 5. The molecule has 1 N–H and O–H groups in total. The Morgan fingerprint density at radius 2 is 1.96 bits per heavy atom. The lowest BCUT2D eigenvalue weighted by molar-refractivity contribution is -0.121. The van der Waals surface area contributed by atoms with Gasteiger partial charge in [-0.2, -0.15) is 0 Å². The maximum absolute atomic E-state index is 12.0. The molecule has 0 bridgehead atoms. The van der Waals surface area contributed by atoms with Crippen LogP contribution in [-0.2, 0) is 11.3 Å². The normalized spacial score (nSPS) is 13.5. The number of anilines is 2. The van der Waals surface area contributed by atoms with Crippen LogP contribution in [0.25, 0.3) is 0 Å². The molecule has 120 valence electrons. The van der Waals surface area contributed by atoms with Gasteiger partial charge in [0.15, 0.2) is 6.61 Å². The maximum Gasteiger partial charge on any atom is 0.265 e. The van der Waals surface area contributed by atoms with Crippen molar-refractivity contribution in [2.75, 3.05) is 23.4 Å². The first-order valence-electron chi connectivity index (χ1n) is 8.04. The van der Waals surface area contributed by atoms with Crippen LogP contribution in [0.15, 0.2) is 42.5 Å². The van der Waals surface area contributed by atoms with Crippen LogP contribution in [0, 0.1) is 6.92 Å². The van der Waals surface area contributed by atoms with E-state index in [1.807, 2.05) is 23.1 Å². The van der Waals surface area contributed by atoms with E-state index >= 15 is 0 Å². The standard InChI is InChI=1S/C19H22N2O2/c1-3-10-21-17-9-8-16(11-18(17)23-13-19(21)22)20-12-15-6-4-14(2)5-7-15/h4-9,11,20H,3,10,12-13H2,1-2H3. The number of carbonyl (C=O) groups is 1. The van der Waals surface area contributed by atoms with Crippen LogP contribution in [0.1, 0.15) is 24.5 Å². The lowest BCUT2D eigenvalue weighted by Crippen LogP contribution is -2.39. The summed E-state index contributed by atoms with van der Waals surface area (Å²) >= 11 is 0. The van der Waals surface area contributed by atoms with Crippen molar-refractivity contribution in [2.45, 2.75) is 26.8 Å². The van der Waals surface area contributed by atoms with E-state index in [-0.39, 0.29) is 12.5 Å². The van der Waals surface area contributed by atoms with Gasteiger partial charge in [-0.25, -0.2) is 0 Å². The zero-order chi connectivity index (χ0) is 16.2. The fourth-order valence-corrected chi connectivity index (χ4v) is 2.69. The topological polar surface area (TPSA) is 41.6 Å². The summed E-state index contributed by atoms with van der Waals surface area (Å²) in [7, 11) is 0. The van der Waals surface area contributed by atoms with E-state index < -0.39 is 0 Å². The van der Waals surface area contributed by atoms with E-state index in [1.54, 1.807) is 0 Å². The van der Waals surface area contributed by atoms with Gasteiger partial charge in [-0.1, -0.05) is 36.8 Å². The summed E-state index contributed by atoms with van der Waals surface area (Å²) in [4.78, 5) is 13.8. The highest BCUT2D eigenvalue weighted by atomic mass is 16.5. The Hall–Kier alpha value is -2.49. The molecule has 4 heteroatoms. The monoisotopic (exact) mass is 310 g/mol. The largest absolute Gasteiger partial charge is 0.481 e. The number of hydrogen-bond donors (Lipinski definition) is 1. The first kappa shape index (κ1) is 15.4. The Labute approximate surface area is 137 Å². The molecule has 0 aliphatic carbocycles. The van der Waals surface area contributed by atoms with E-state index in [1.165, 1.54) is 11.1 Å². The number of carbonyl (C=O) groups excluding carboxylic acids is 1. The third kappa shape index (κ3) is 3.47. The van der Waals surface area contributed by atoms with E-state index in [0.717, 1.165) is 36.6 Å². The first-order chi connectivity index (χ1) is 11.2. The van der Waals surface area contributed by atoms with Gasteiger partial charge < -0.3 is 15.0 Å². The van der Waals surface area contributed by atoms with Crippen molar-refractivity contribution in [3.05, 3.63) is 53.6 Å². The number of hydrogen-bond acceptors (Lipinski definition) is 3. The van der Waals surface area contributed by atoms with E-state index in [9.17, 15) is 4.79 Å². The summed E-state index contributed by atoms with van der Waals surface area (Å²) in [5.41, 5.74) is 4.35. The molecule has 0 aromatic heterocycles. The van der Waals surface area contributed by atoms with Gasteiger partial charge in [0.1, 0.15) is 5.75 Å². The highest BCUT2D eigenvalue weighted by Gasteiger charge is 2.24. The second-order valence-corrected chi connectivity index (χ2v) is 5.86. The summed E-state index contributed by atoms with van der Waals surface area (Å²) < 4.78 is 5.59. The molecule has 0 fully saturated rings. The van der Waals surface area contributed by atoms with Gasteiger partial charge >= 0.3 is 0 Å². The van der Waals surface area contributed by atoms with E-state index in [2.05, 4.69) is 43.4 Å². The summed E-state index contributed by atoms with van der Waals surface area (Å²) in [6.45, 7) is 5.76. The quantitative estimate of drug-likeness (QED) is 0.914. The van der Waals surface area contributed by atoms with E-state index in [4.69, 9.17) is 4.74 Å². The number of benzene rings is 2. The summed E-state index contributed by atoms with van der Waals surface area (Å²) in [5, 5.41) is 3.41. The zero-order valence-corrected chi connectivity index (χ0v) is 13.6. The average molecular weight is 310 g/mol. The molecule has 0 saturated heterocycles. The molecule has 0 radical (unpaired) electrons. The molecule has 3 rings (SSSR count). The third-order valence-corrected chi connectivity index (χ3v) is 3.97. The number of ether oxygens (including phenoxy) is 1. The second-order valence-electron chi connectivity index (χ2n) is 5.86. The van der Waals surface area contributed by atoms with Crippen LogP contribution >= 0.6 is 0 Å². The minimum Gasteiger partial charge on any atom is -0.481 e. The highest BCUT2D eigenvalue weighted by Crippen LogP contribution is 2.34. The molecule has 1 heterocycles. The molecular formula is C19H22N2O2.